The average molecular weight is 457 g/mol. The molecule has 0 fully saturated rings. The van der Waals surface area contributed by atoms with Gasteiger partial charge in [0.15, 0.2) is 0 Å². The van der Waals surface area contributed by atoms with E-state index >= 15 is 0 Å². The SMILES string of the molecule is CCOC(=O)C1=C(O)/C(=C/c2cc(C)n(CCOC)c2C)SC1=Nc1ccc(OC)cc1. The van der Waals surface area contributed by atoms with Crippen molar-refractivity contribution in [2.75, 3.05) is 27.4 Å². The molecule has 0 bridgehead atoms. The lowest BCUT2D eigenvalue weighted by Crippen LogP contribution is -2.12. The summed E-state index contributed by atoms with van der Waals surface area (Å²) in [6.07, 6.45) is 1.88. The summed E-state index contributed by atoms with van der Waals surface area (Å²) in [6, 6.07) is 9.21. The molecule has 0 unspecified atom stereocenters. The first-order valence-electron chi connectivity index (χ1n) is 10.3. The summed E-state index contributed by atoms with van der Waals surface area (Å²) in [5, 5.41) is 11.3. The Labute approximate surface area is 192 Å². The summed E-state index contributed by atoms with van der Waals surface area (Å²) in [6.45, 7) is 7.33. The molecule has 0 saturated heterocycles. The zero-order valence-corrected chi connectivity index (χ0v) is 19.8. The third-order valence-corrected chi connectivity index (χ3v) is 6.11. The summed E-state index contributed by atoms with van der Waals surface area (Å²) in [5.74, 6) is -0.0115. The third-order valence-electron chi connectivity index (χ3n) is 5.09. The number of aryl methyl sites for hydroxylation is 1. The Bertz CT molecular complexity index is 1080. The zero-order valence-electron chi connectivity index (χ0n) is 19.0. The van der Waals surface area contributed by atoms with Crippen molar-refractivity contribution < 1.29 is 24.1 Å². The number of aliphatic hydroxyl groups excluding tert-OH is 1. The molecule has 32 heavy (non-hydrogen) atoms. The Morgan fingerprint density at radius 2 is 1.94 bits per heavy atom. The van der Waals surface area contributed by atoms with Crippen LogP contribution < -0.4 is 4.74 Å². The summed E-state index contributed by atoms with van der Waals surface area (Å²) < 4.78 is 17.7. The minimum atomic E-state index is -0.598. The van der Waals surface area contributed by atoms with Crippen LogP contribution in [0.15, 0.2) is 51.6 Å². The second-order valence-electron chi connectivity index (χ2n) is 7.14. The van der Waals surface area contributed by atoms with Crippen LogP contribution in [0.3, 0.4) is 0 Å². The Kier molecular flexibility index (Phi) is 7.82. The van der Waals surface area contributed by atoms with Gasteiger partial charge < -0.3 is 23.9 Å². The minimum Gasteiger partial charge on any atom is -0.506 e. The van der Waals surface area contributed by atoms with E-state index in [1.807, 2.05) is 19.9 Å². The highest BCUT2D eigenvalue weighted by molar-refractivity contribution is 8.18. The molecule has 8 heteroatoms. The quantitative estimate of drug-likeness (QED) is 0.566. The molecule has 1 aromatic heterocycles. The van der Waals surface area contributed by atoms with E-state index < -0.39 is 5.97 Å². The molecule has 3 rings (SSSR count). The molecule has 7 nitrogen and oxygen atoms in total. The Hall–Kier alpha value is -2.97. The standard InChI is InChI=1S/C24H28N2O5S/c1-6-31-24(28)21-22(27)20(14-17-13-15(2)26(16(17)3)11-12-29-4)32-23(21)25-18-7-9-19(30-5)10-8-18/h7-10,13-14,27H,6,11-12H2,1-5H3/b20-14-,25-23?. The number of aliphatic hydroxyl groups is 1. The minimum absolute atomic E-state index is 0.0760. The van der Waals surface area contributed by atoms with E-state index in [-0.39, 0.29) is 17.9 Å². The van der Waals surface area contributed by atoms with Crippen LogP contribution in [0.4, 0.5) is 5.69 Å². The first kappa shape index (κ1) is 23.7. The van der Waals surface area contributed by atoms with Gasteiger partial charge in [0.1, 0.15) is 22.1 Å². The first-order valence-corrected chi connectivity index (χ1v) is 11.1. The van der Waals surface area contributed by atoms with Gasteiger partial charge in [-0.15, -0.1) is 0 Å². The maximum Gasteiger partial charge on any atom is 0.344 e. The maximum atomic E-state index is 12.6. The van der Waals surface area contributed by atoms with E-state index in [9.17, 15) is 9.90 Å². The molecule has 2 aromatic rings. The van der Waals surface area contributed by atoms with Gasteiger partial charge in [0.25, 0.3) is 0 Å². The van der Waals surface area contributed by atoms with Crippen molar-refractivity contribution in [3.8, 4) is 5.75 Å². The molecular formula is C24H28N2O5S. The van der Waals surface area contributed by atoms with E-state index in [1.165, 1.54) is 11.8 Å². The lowest BCUT2D eigenvalue weighted by Gasteiger charge is -2.08. The van der Waals surface area contributed by atoms with Crippen LogP contribution in [0.1, 0.15) is 23.9 Å². The van der Waals surface area contributed by atoms with Gasteiger partial charge in [0.2, 0.25) is 0 Å². The van der Waals surface area contributed by atoms with Gasteiger partial charge in [0.05, 0.1) is 30.9 Å². The van der Waals surface area contributed by atoms with Crippen molar-refractivity contribution in [1.82, 2.24) is 4.57 Å². The molecule has 1 aliphatic rings. The van der Waals surface area contributed by atoms with Gasteiger partial charge in [-0.3, -0.25) is 0 Å². The predicted octanol–water partition coefficient (Wildman–Crippen LogP) is 4.95. The fraction of sp³-hybridized carbons (Fsp3) is 0.333. The van der Waals surface area contributed by atoms with Crippen LogP contribution in [-0.2, 0) is 20.8 Å². The number of rotatable bonds is 8. The van der Waals surface area contributed by atoms with Gasteiger partial charge >= 0.3 is 5.97 Å². The van der Waals surface area contributed by atoms with Gasteiger partial charge in [-0.25, -0.2) is 9.79 Å². The highest BCUT2D eigenvalue weighted by Crippen LogP contribution is 2.40. The first-order chi connectivity index (χ1) is 15.4. The van der Waals surface area contributed by atoms with E-state index in [0.29, 0.717) is 28.0 Å². The lowest BCUT2D eigenvalue weighted by atomic mass is 10.2. The lowest BCUT2D eigenvalue weighted by molar-refractivity contribution is -0.138. The Balaban J connectivity index is 2.01. The molecule has 0 spiro atoms. The number of hydrogen-bond donors (Lipinski definition) is 1. The van der Waals surface area contributed by atoms with Crippen LogP contribution in [-0.4, -0.2) is 48.1 Å². The average Bonchev–Trinajstić information content (AvgIpc) is 3.22. The molecule has 1 aromatic carbocycles. The van der Waals surface area contributed by atoms with Crippen molar-refractivity contribution in [1.29, 1.82) is 0 Å². The van der Waals surface area contributed by atoms with E-state index in [1.54, 1.807) is 45.4 Å². The van der Waals surface area contributed by atoms with Crippen LogP contribution in [0.25, 0.3) is 6.08 Å². The van der Waals surface area contributed by atoms with Crippen molar-refractivity contribution >= 4 is 34.5 Å². The smallest absolute Gasteiger partial charge is 0.344 e. The maximum absolute atomic E-state index is 12.6. The van der Waals surface area contributed by atoms with Gasteiger partial charge in [-0.05, 0) is 62.7 Å². The van der Waals surface area contributed by atoms with Gasteiger partial charge in [-0.2, -0.15) is 0 Å². The van der Waals surface area contributed by atoms with Crippen molar-refractivity contribution in [2.24, 2.45) is 4.99 Å². The number of methoxy groups -OCH3 is 2. The summed E-state index contributed by atoms with van der Waals surface area (Å²) in [7, 11) is 3.27. The van der Waals surface area contributed by atoms with E-state index in [2.05, 4.69) is 15.6 Å². The van der Waals surface area contributed by atoms with E-state index in [4.69, 9.17) is 14.2 Å². The molecule has 170 valence electrons. The highest BCUT2D eigenvalue weighted by atomic mass is 32.2. The molecule has 0 amide bonds. The summed E-state index contributed by atoms with van der Waals surface area (Å²) in [5.41, 5.74) is 3.82. The number of nitrogens with zero attached hydrogens (tertiary/aromatic N) is 2. The van der Waals surface area contributed by atoms with Crippen LogP contribution in [0, 0.1) is 13.8 Å². The fourth-order valence-corrected chi connectivity index (χ4v) is 4.43. The Morgan fingerprint density at radius 1 is 1.22 bits per heavy atom. The third kappa shape index (κ3) is 5.08. The number of ether oxygens (including phenoxy) is 3. The van der Waals surface area contributed by atoms with Crippen molar-refractivity contribution in [2.45, 2.75) is 27.3 Å². The fourth-order valence-electron chi connectivity index (χ4n) is 3.41. The number of carbonyl (C=O) groups excluding carboxylic acids is 1. The monoisotopic (exact) mass is 456 g/mol. The zero-order chi connectivity index (χ0) is 23.3. The van der Waals surface area contributed by atoms with E-state index in [0.717, 1.165) is 23.5 Å². The second-order valence-corrected chi connectivity index (χ2v) is 8.17. The number of benzene rings is 1. The molecule has 0 radical (unpaired) electrons. The number of aromatic nitrogens is 1. The van der Waals surface area contributed by atoms with Gasteiger partial charge in [-0.1, -0.05) is 11.8 Å². The molecule has 2 heterocycles. The Morgan fingerprint density at radius 3 is 2.56 bits per heavy atom. The molecule has 1 aliphatic heterocycles. The summed E-state index contributed by atoms with van der Waals surface area (Å²) in [4.78, 5) is 17.7. The number of carbonyl (C=O) groups is 1. The van der Waals surface area contributed by atoms with Crippen molar-refractivity contribution in [3.63, 3.8) is 0 Å². The van der Waals surface area contributed by atoms with Crippen LogP contribution in [0.2, 0.25) is 0 Å². The van der Waals surface area contributed by atoms with Crippen molar-refractivity contribution in [3.05, 3.63) is 63.5 Å². The molecule has 1 N–H and O–H groups in total. The van der Waals surface area contributed by atoms with Crippen LogP contribution >= 0.6 is 11.8 Å². The molecule has 0 atom stereocenters. The highest BCUT2D eigenvalue weighted by Gasteiger charge is 2.33. The van der Waals surface area contributed by atoms with Crippen LogP contribution in [0.5, 0.6) is 5.75 Å². The number of thioether (sulfide) groups is 1. The van der Waals surface area contributed by atoms with Gasteiger partial charge in [0, 0.05) is 25.0 Å². The largest absolute Gasteiger partial charge is 0.506 e. The number of esters is 1. The normalized spacial score (nSPS) is 16.3. The predicted molar refractivity (Wildman–Crippen MR) is 128 cm³/mol. The number of hydrogen-bond acceptors (Lipinski definition) is 7. The molecule has 0 aliphatic carbocycles. The molecule has 0 saturated carbocycles. The second kappa shape index (κ2) is 10.6. The number of aliphatic imine (C=N–C) groups is 1. The topological polar surface area (TPSA) is 82.3 Å². The summed E-state index contributed by atoms with van der Waals surface area (Å²) >= 11 is 1.24. The molecular weight excluding hydrogens is 428 g/mol.